The molecule has 0 spiro atoms. The predicted octanol–water partition coefficient (Wildman–Crippen LogP) is 3.60. The van der Waals surface area contributed by atoms with Crippen LogP contribution in [0, 0.1) is 13.8 Å². The van der Waals surface area contributed by atoms with E-state index in [1.807, 2.05) is 19.1 Å². The van der Waals surface area contributed by atoms with E-state index in [-0.39, 0.29) is 0 Å². The van der Waals surface area contributed by atoms with E-state index in [0.717, 1.165) is 12.0 Å². The minimum atomic E-state index is 0.338. The van der Waals surface area contributed by atoms with Gasteiger partial charge >= 0.3 is 0 Å². The Morgan fingerprint density at radius 3 is 2.50 bits per heavy atom. The van der Waals surface area contributed by atoms with E-state index < -0.39 is 0 Å². The molecule has 0 saturated heterocycles. The fourth-order valence-electron chi connectivity index (χ4n) is 1.92. The van der Waals surface area contributed by atoms with Crippen molar-refractivity contribution in [2.75, 3.05) is 0 Å². The molecule has 2 rings (SSSR count). The van der Waals surface area contributed by atoms with Crippen molar-refractivity contribution < 1.29 is 5.11 Å². The zero-order chi connectivity index (χ0) is 11.5. The zero-order valence-corrected chi connectivity index (χ0v) is 9.70. The highest BCUT2D eigenvalue weighted by atomic mass is 16.3. The van der Waals surface area contributed by atoms with E-state index in [0.29, 0.717) is 5.75 Å². The van der Waals surface area contributed by atoms with E-state index in [1.165, 1.54) is 16.7 Å². The molecule has 1 N–H and O–H groups in total. The molecule has 0 amide bonds. The quantitative estimate of drug-likeness (QED) is 0.806. The lowest BCUT2D eigenvalue weighted by molar-refractivity contribution is 0.474. The first-order valence-electron chi connectivity index (χ1n) is 5.49. The molecule has 0 unspecified atom stereocenters. The number of phenols is 1. The first-order valence-corrected chi connectivity index (χ1v) is 5.49. The van der Waals surface area contributed by atoms with Gasteiger partial charge in [-0.15, -0.1) is 0 Å². The van der Waals surface area contributed by atoms with Gasteiger partial charge in [-0.25, -0.2) is 0 Å². The van der Waals surface area contributed by atoms with Crippen LogP contribution in [0.2, 0.25) is 0 Å². The van der Waals surface area contributed by atoms with Gasteiger partial charge in [0.25, 0.3) is 0 Å². The van der Waals surface area contributed by atoms with Crippen molar-refractivity contribution in [3.05, 3.63) is 64.7 Å². The Morgan fingerprint density at radius 1 is 1.00 bits per heavy atom. The molecule has 82 valence electrons. The number of benzene rings is 2. The molecule has 0 bridgehead atoms. The van der Waals surface area contributed by atoms with E-state index in [1.54, 1.807) is 6.07 Å². The number of aryl methyl sites for hydroxylation is 2. The summed E-state index contributed by atoms with van der Waals surface area (Å²) in [4.78, 5) is 0. The summed E-state index contributed by atoms with van der Waals surface area (Å²) in [7, 11) is 0. The number of hydrogen-bond donors (Lipinski definition) is 1. The number of phenolic OH excluding ortho intramolecular Hbond substituents is 1. The Labute approximate surface area is 96.4 Å². The lowest BCUT2D eigenvalue weighted by atomic mass is 9.99. The molecular formula is C15H16O. The second-order valence-corrected chi connectivity index (χ2v) is 4.28. The van der Waals surface area contributed by atoms with Crippen molar-refractivity contribution >= 4 is 0 Å². The fraction of sp³-hybridized carbons (Fsp3) is 0.200. The van der Waals surface area contributed by atoms with Crippen LogP contribution in [0.5, 0.6) is 5.75 Å². The van der Waals surface area contributed by atoms with Gasteiger partial charge in [-0.3, -0.25) is 0 Å². The molecule has 0 heterocycles. The zero-order valence-electron chi connectivity index (χ0n) is 9.70. The molecular weight excluding hydrogens is 196 g/mol. The number of rotatable bonds is 2. The summed E-state index contributed by atoms with van der Waals surface area (Å²) in [6.45, 7) is 4.14. The summed E-state index contributed by atoms with van der Waals surface area (Å²) < 4.78 is 0. The SMILES string of the molecule is Cc1cccc(Cc2ccc(O)cc2C)c1. The lowest BCUT2D eigenvalue weighted by Crippen LogP contribution is -1.91. The monoisotopic (exact) mass is 212 g/mol. The molecule has 1 nitrogen and oxygen atoms in total. The molecule has 1 heteroatoms. The van der Waals surface area contributed by atoms with Crippen molar-refractivity contribution in [2.45, 2.75) is 20.3 Å². The average Bonchev–Trinajstić information content (AvgIpc) is 2.22. The van der Waals surface area contributed by atoms with Crippen molar-refractivity contribution in [1.29, 1.82) is 0 Å². The summed E-state index contributed by atoms with van der Waals surface area (Å²) in [5.41, 5.74) is 5.01. The molecule has 0 aromatic heterocycles. The van der Waals surface area contributed by atoms with Crippen LogP contribution in [-0.4, -0.2) is 5.11 Å². The first kappa shape index (κ1) is 10.7. The Hall–Kier alpha value is -1.76. The molecule has 0 saturated carbocycles. The Balaban J connectivity index is 2.27. The van der Waals surface area contributed by atoms with Gasteiger partial charge in [-0.2, -0.15) is 0 Å². The van der Waals surface area contributed by atoms with Crippen LogP contribution in [0.15, 0.2) is 42.5 Å². The topological polar surface area (TPSA) is 20.2 Å². The highest BCUT2D eigenvalue weighted by molar-refractivity contribution is 5.37. The van der Waals surface area contributed by atoms with Crippen LogP contribution in [0.25, 0.3) is 0 Å². The third-order valence-electron chi connectivity index (χ3n) is 2.80. The van der Waals surface area contributed by atoms with E-state index in [2.05, 4.69) is 31.2 Å². The minimum absolute atomic E-state index is 0.338. The Morgan fingerprint density at radius 2 is 1.81 bits per heavy atom. The number of hydrogen-bond acceptors (Lipinski definition) is 1. The standard InChI is InChI=1S/C15H16O/c1-11-4-3-5-13(8-11)10-14-6-7-15(16)9-12(14)2/h3-9,16H,10H2,1-2H3. The molecule has 0 aliphatic carbocycles. The van der Waals surface area contributed by atoms with Gasteiger partial charge in [0.05, 0.1) is 0 Å². The van der Waals surface area contributed by atoms with E-state index >= 15 is 0 Å². The maximum Gasteiger partial charge on any atom is 0.115 e. The summed E-state index contributed by atoms with van der Waals surface area (Å²) in [6.07, 6.45) is 0.924. The normalized spacial score (nSPS) is 10.4. The second kappa shape index (κ2) is 4.40. The Kier molecular flexibility index (Phi) is 2.95. The summed E-state index contributed by atoms with van der Waals surface area (Å²) in [5.74, 6) is 0.338. The lowest BCUT2D eigenvalue weighted by Gasteiger charge is -2.07. The van der Waals surface area contributed by atoms with Gasteiger partial charge in [-0.05, 0) is 49.1 Å². The van der Waals surface area contributed by atoms with Gasteiger partial charge in [0, 0.05) is 0 Å². The van der Waals surface area contributed by atoms with Crippen LogP contribution in [-0.2, 0) is 6.42 Å². The predicted molar refractivity (Wildman–Crippen MR) is 66.8 cm³/mol. The highest BCUT2D eigenvalue weighted by Gasteiger charge is 2.01. The molecule has 2 aromatic rings. The van der Waals surface area contributed by atoms with Gasteiger partial charge in [-0.1, -0.05) is 35.9 Å². The minimum Gasteiger partial charge on any atom is -0.508 e. The maximum absolute atomic E-state index is 9.35. The third kappa shape index (κ3) is 2.43. The first-order chi connectivity index (χ1) is 7.65. The van der Waals surface area contributed by atoms with Gasteiger partial charge in [0.2, 0.25) is 0 Å². The smallest absolute Gasteiger partial charge is 0.115 e. The van der Waals surface area contributed by atoms with Crippen LogP contribution in [0.1, 0.15) is 22.3 Å². The van der Waals surface area contributed by atoms with Crippen molar-refractivity contribution in [3.63, 3.8) is 0 Å². The molecule has 0 radical (unpaired) electrons. The molecule has 0 atom stereocenters. The summed E-state index contributed by atoms with van der Waals surface area (Å²) >= 11 is 0. The van der Waals surface area contributed by atoms with E-state index in [9.17, 15) is 5.11 Å². The molecule has 2 aromatic carbocycles. The Bertz CT molecular complexity index is 501. The molecule has 0 fully saturated rings. The van der Waals surface area contributed by atoms with Gasteiger partial charge in [0.15, 0.2) is 0 Å². The van der Waals surface area contributed by atoms with Gasteiger partial charge < -0.3 is 5.11 Å². The van der Waals surface area contributed by atoms with Crippen LogP contribution in [0.4, 0.5) is 0 Å². The van der Waals surface area contributed by atoms with Gasteiger partial charge in [0.1, 0.15) is 5.75 Å². The highest BCUT2D eigenvalue weighted by Crippen LogP contribution is 2.19. The van der Waals surface area contributed by atoms with E-state index in [4.69, 9.17) is 0 Å². The second-order valence-electron chi connectivity index (χ2n) is 4.28. The summed E-state index contributed by atoms with van der Waals surface area (Å²) in [6, 6.07) is 14.1. The fourth-order valence-corrected chi connectivity index (χ4v) is 1.92. The van der Waals surface area contributed by atoms with Crippen molar-refractivity contribution in [3.8, 4) is 5.75 Å². The van der Waals surface area contributed by atoms with Crippen LogP contribution >= 0.6 is 0 Å². The number of aromatic hydroxyl groups is 1. The molecule has 16 heavy (non-hydrogen) atoms. The largest absolute Gasteiger partial charge is 0.508 e. The van der Waals surface area contributed by atoms with Crippen molar-refractivity contribution in [1.82, 2.24) is 0 Å². The third-order valence-corrected chi connectivity index (χ3v) is 2.80. The van der Waals surface area contributed by atoms with Crippen LogP contribution < -0.4 is 0 Å². The van der Waals surface area contributed by atoms with Crippen molar-refractivity contribution in [2.24, 2.45) is 0 Å². The molecule has 0 aliphatic heterocycles. The molecule has 0 aliphatic rings. The summed E-state index contributed by atoms with van der Waals surface area (Å²) in [5, 5.41) is 9.35. The van der Waals surface area contributed by atoms with Crippen LogP contribution in [0.3, 0.4) is 0 Å². The maximum atomic E-state index is 9.35. The average molecular weight is 212 g/mol.